The summed E-state index contributed by atoms with van der Waals surface area (Å²) in [6.45, 7) is 2.31. The molecule has 0 aliphatic carbocycles. The van der Waals surface area contributed by atoms with E-state index in [1.54, 1.807) is 19.2 Å². The average molecular weight is 301 g/mol. The third kappa shape index (κ3) is 5.27. The Morgan fingerprint density at radius 2 is 2.25 bits per heavy atom. The molecular weight excluding hydrogens is 280 g/mol. The van der Waals surface area contributed by atoms with E-state index in [1.165, 1.54) is 0 Å². The summed E-state index contributed by atoms with van der Waals surface area (Å²) in [7, 11) is 1.54. The Labute approximate surface area is 124 Å². The lowest BCUT2D eigenvalue weighted by atomic mass is 10.2. The van der Waals surface area contributed by atoms with Crippen LogP contribution in [0.15, 0.2) is 18.2 Å². The third-order valence-electron chi connectivity index (χ3n) is 2.67. The zero-order chi connectivity index (χ0) is 15.0. The van der Waals surface area contributed by atoms with E-state index < -0.39 is 6.10 Å². The predicted molar refractivity (Wildman–Crippen MR) is 81.7 cm³/mol. The lowest BCUT2D eigenvalue weighted by molar-refractivity contribution is -0.116. The van der Waals surface area contributed by atoms with E-state index in [9.17, 15) is 9.90 Å². The minimum absolute atomic E-state index is 0.0379. The fourth-order valence-corrected chi connectivity index (χ4v) is 1.74. The number of anilines is 2. The SMILES string of the molecule is CCCC(=O)Nc1ccc(NCC(O)CCl)cc1OC. The number of rotatable bonds is 8. The first-order valence-corrected chi connectivity index (χ1v) is 7.10. The maximum atomic E-state index is 11.6. The van der Waals surface area contributed by atoms with Crippen molar-refractivity contribution in [3.8, 4) is 5.75 Å². The van der Waals surface area contributed by atoms with Crippen molar-refractivity contribution in [2.75, 3.05) is 30.2 Å². The van der Waals surface area contributed by atoms with Gasteiger partial charge in [0, 0.05) is 24.7 Å². The molecular formula is C14H21ClN2O3. The van der Waals surface area contributed by atoms with Gasteiger partial charge in [-0.1, -0.05) is 6.92 Å². The molecule has 0 saturated carbocycles. The highest BCUT2D eigenvalue weighted by Gasteiger charge is 2.08. The van der Waals surface area contributed by atoms with Crippen LogP contribution in [0.3, 0.4) is 0 Å². The zero-order valence-electron chi connectivity index (χ0n) is 11.8. The molecule has 0 aliphatic rings. The van der Waals surface area contributed by atoms with Crippen molar-refractivity contribution >= 4 is 28.9 Å². The van der Waals surface area contributed by atoms with Gasteiger partial charge in [0.1, 0.15) is 5.75 Å². The van der Waals surface area contributed by atoms with Gasteiger partial charge in [0.25, 0.3) is 0 Å². The first-order valence-electron chi connectivity index (χ1n) is 6.56. The van der Waals surface area contributed by atoms with Gasteiger partial charge in [0.15, 0.2) is 0 Å². The van der Waals surface area contributed by atoms with Crippen LogP contribution in [0.1, 0.15) is 19.8 Å². The molecule has 112 valence electrons. The van der Waals surface area contributed by atoms with Crippen LogP contribution in [0.25, 0.3) is 0 Å². The topological polar surface area (TPSA) is 70.6 Å². The molecule has 20 heavy (non-hydrogen) atoms. The number of aliphatic hydroxyl groups is 1. The molecule has 0 heterocycles. The Balaban J connectivity index is 2.72. The number of halogens is 1. The number of methoxy groups -OCH3 is 1. The lowest BCUT2D eigenvalue weighted by Crippen LogP contribution is -2.20. The largest absolute Gasteiger partial charge is 0.494 e. The summed E-state index contributed by atoms with van der Waals surface area (Å²) in [6, 6.07) is 5.34. The number of hydrogen-bond donors (Lipinski definition) is 3. The van der Waals surface area contributed by atoms with E-state index in [4.69, 9.17) is 16.3 Å². The van der Waals surface area contributed by atoms with E-state index in [0.717, 1.165) is 12.1 Å². The predicted octanol–water partition coefficient (Wildman–Crippen LogP) is 2.45. The smallest absolute Gasteiger partial charge is 0.224 e. The van der Waals surface area contributed by atoms with Crippen molar-refractivity contribution in [1.82, 2.24) is 0 Å². The van der Waals surface area contributed by atoms with Gasteiger partial charge in [-0.15, -0.1) is 11.6 Å². The molecule has 1 unspecified atom stereocenters. The monoisotopic (exact) mass is 300 g/mol. The zero-order valence-corrected chi connectivity index (χ0v) is 12.5. The Kier molecular flexibility index (Phi) is 7.18. The van der Waals surface area contributed by atoms with Crippen molar-refractivity contribution in [3.05, 3.63) is 18.2 Å². The number of alkyl halides is 1. The van der Waals surface area contributed by atoms with Crippen molar-refractivity contribution in [2.24, 2.45) is 0 Å². The highest BCUT2D eigenvalue weighted by molar-refractivity contribution is 6.18. The van der Waals surface area contributed by atoms with Crippen LogP contribution in [0, 0.1) is 0 Å². The maximum absolute atomic E-state index is 11.6. The van der Waals surface area contributed by atoms with E-state index in [-0.39, 0.29) is 11.8 Å². The molecule has 0 radical (unpaired) electrons. The molecule has 1 aromatic carbocycles. The quantitative estimate of drug-likeness (QED) is 0.645. The summed E-state index contributed by atoms with van der Waals surface area (Å²) in [5.74, 6) is 0.707. The number of benzene rings is 1. The summed E-state index contributed by atoms with van der Waals surface area (Å²) in [5.41, 5.74) is 1.42. The van der Waals surface area contributed by atoms with Gasteiger partial charge in [-0.2, -0.15) is 0 Å². The van der Waals surface area contributed by atoms with E-state index in [0.29, 0.717) is 24.4 Å². The molecule has 1 aromatic rings. The van der Waals surface area contributed by atoms with Crippen LogP contribution in [0.5, 0.6) is 5.75 Å². The lowest BCUT2D eigenvalue weighted by Gasteiger charge is -2.14. The molecule has 0 fully saturated rings. The standard InChI is InChI=1S/C14H21ClN2O3/c1-3-4-14(19)17-12-6-5-10(7-13(12)20-2)16-9-11(18)8-15/h5-7,11,16,18H,3-4,8-9H2,1-2H3,(H,17,19). The molecule has 0 bridgehead atoms. The van der Waals surface area contributed by atoms with Gasteiger partial charge < -0.3 is 20.5 Å². The van der Waals surface area contributed by atoms with Crippen molar-refractivity contribution in [3.63, 3.8) is 0 Å². The number of amides is 1. The van der Waals surface area contributed by atoms with E-state index >= 15 is 0 Å². The summed E-state index contributed by atoms with van der Waals surface area (Å²) in [5, 5.41) is 15.2. The molecule has 0 spiro atoms. The van der Waals surface area contributed by atoms with Gasteiger partial charge >= 0.3 is 0 Å². The number of ether oxygens (including phenoxy) is 1. The first-order chi connectivity index (χ1) is 9.60. The number of nitrogens with one attached hydrogen (secondary N) is 2. The van der Waals surface area contributed by atoms with Crippen LogP contribution in [-0.2, 0) is 4.79 Å². The first kappa shape index (κ1) is 16.6. The normalized spacial score (nSPS) is 11.8. The van der Waals surface area contributed by atoms with Gasteiger partial charge in [-0.3, -0.25) is 4.79 Å². The van der Waals surface area contributed by atoms with Gasteiger partial charge in [0.2, 0.25) is 5.91 Å². The average Bonchev–Trinajstić information content (AvgIpc) is 2.45. The second-order valence-electron chi connectivity index (χ2n) is 4.40. The number of aliphatic hydroxyl groups excluding tert-OH is 1. The summed E-state index contributed by atoms with van der Waals surface area (Å²) in [6.07, 6.45) is 0.668. The summed E-state index contributed by atoms with van der Waals surface area (Å²) >= 11 is 5.53. The van der Waals surface area contributed by atoms with E-state index in [1.807, 2.05) is 13.0 Å². The second kappa shape index (κ2) is 8.66. The number of carbonyl (C=O) groups excluding carboxylic acids is 1. The molecule has 0 aromatic heterocycles. The van der Waals surface area contributed by atoms with Crippen LogP contribution in [-0.4, -0.2) is 36.7 Å². The van der Waals surface area contributed by atoms with Crippen molar-refractivity contribution < 1.29 is 14.6 Å². The third-order valence-corrected chi connectivity index (χ3v) is 3.03. The van der Waals surface area contributed by atoms with Crippen LogP contribution in [0.4, 0.5) is 11.4 Å². The molecule has 3 N–H and O–H groups in total. The molecule has 1 amide bonds. The Morgan fingerprint density at radius 1 is 1.50 bits per heavy atom. The number of carbonyl (C=O) groups is 1. The van der Waals surface area contributed by atoms with Crippen molar-refractivity contribution in [2.45, 2.75) is 25.9 Å². The Bertz CT molecular complexity index is 440. The Hall–Kier alpha value is -1.46. The van der Waals surface area contributed by atoms with Gasteiger partial charge in [-0.25, -0.2) is 0 Å². The molecule has 1 rings (SSSR count). The minimum atomic E-state index is -0.605. The molecule has 6 heteroatoms. The minimum Gasteiger partial charge on any atom is -0.494 e. The number of hydrogen-bond acceptors (Lipinski definition) is 4. The summed E-state index contributed by atoms with van der Waals surface area (Å²) < 4.78 is 5.25. The highest BCUT2D eigenvalue weighted by Crippen LogP contribution is 2.28. The van der Waals surface area contributed by atoms with Gasteiger partial charge in [-0.05, 0) is 18.6 Å². The van der Waals surface area contributed by atoms with Crippen molar-refractivity contribution in [1.29, 1.82) is 0 Å². The van der Waals surface area contributed by atoms with E-state index in [2.05, 4.69) is 10.6 Å². The fraction of sp³-hybridized carbons (Fsp3) is 0.500. The maximum Gasteiger partial charge on any atom is 0.224 e. The molecule has 0 saturated heterocycles. The van der Waals surface area contributed by atoms with Crippen LogP contribution < -0.4 is 15.4 Å². The fourth-order valence-electron chi connectivity index (χ4n) is 1.63. The molecule has 1 atom stereocenters. The molecule has 5 nitrogen and oxygen atoms in total. The van der Waals surface area contributed by atoms with Crippen LogP contribution in [0.2, 0.25) is 0 Å². The second-order valence-corrected chi connectivity index (χ2v) is 4.71. The Morgan fingerprint density at radius 3 is 2.85 bits per heavy atom. The van der Waals surface area contributed by atoms with Crippen LogP contribution >= 0.6 is 11.6 Å². The molecule has 0 aliphatic heterocycles. The van der Waals surface area contributed by atoms with Gasteiger partial charge in [0.05, 0.1) is 24.8 Å². The highest BCUT2D eigenvalue weighted by atomic mass is 35.5. The summed E-state index contributed by atoms with van der Waals surface area (Å²) in [4.78, 5) is 11.6.